The van der Waals surface area contributed by atoms with E-state index in [1.54, 1.807) is 0 Å². The van der Waals surface area contributed by atoms with E-state index >= 15 is 0 Å². The van der Waals surface area contributed by atoms with Crippen molar-refractivity contribution >= 4 is 11.3 Å². The molecule has 1 aromatic heterocycles. The van der Waals surface area contributed by atoms with E-state index in [0.717, 1.165) is 13.1 Å². The number of unbranched alkanes of at least 4 members (excludes halogenated alkanes) is 2. The largest absolute Gasteiger partial charge is 0.310 e. The summed E-state index contributed by atoms with van der Waals surface area (Å²) in [5, 5.41) is 4.65. The van der Waals surface area contributed by atoms with Crippen LogP contribution >= 0.6 is 11.3 Å². The van der Waals surface area contributed by atoms with Gasteiger partial charge in [-0.15, -0.1) is 11.3 Å². The second-order valence-electron chi connectivity index (χ2n) is 4.19. The molecule has 0 aliphatic heterocycles. The van der Waals surface area contributed by atoms with Crippen LogP contribution in [0.15, 0.2) is 6.20 Å². The van der Waals surface area contributed by atoms with E-state index in [9.17, 15) is 0 Å². The van der Waals surface area contributed by atoms with Crippen molar-refractivity contribution in [1.82, 2.24) is 10.3 Å². The number of nitrogens with zero attached hydrogens (tertiary/aromatic N) is 1. The molecule has 0 aromatic carbocycles. The normalized spacial score (nSPS) is 11.2. The highest BCUT2D eigenvalue weighted by molar-refractivity contribution is 7.11. The first kappa shape index (κ1) is 12.7. The van der Waals surface area contributed by atoms with Crippen molar-refractivity contribution in [2.75, 3.05) is 6.54 Å². The predicted octanol–water partition coefficient (Wildman–Crippen LogP) is 3.55. The van der Waals surface area contributed by atoms with Gasteiger partial charge < -0.3 is 5.32 Å². The van der Waals surface area contributed by atoms with Gasteiger partial charge in [0.15, 0.2) is 0 Å². The molecule has 0 bridgehead atoms. The Hall–Kier alpha value is -0.410. The molecule has 1 aromatic rings. The summed E-state index contributed by atoms with van der Waals surface area (Å²) in [5.41, 5.74) is 0. The zero-order valence-corrected chi connectivity index (χ0v) is 10.9. The Bertz CT molecular complexity index is 268. The van der Waals surface area contributed by atoms with Crippen LogP contribution in [-0.4, -0.2) is 11.5 Å². The van der Waals surface area contributed by atoms with Crippen LogP contribution < -0.4 is 5.32 Å². The molecule has 0 aliphatic carbocycles. The average Bonchev–Trinajstić information content (AvgIpc) is 2.66. The number of hydrogen-bond acceptors (Lipinski definition) is 3. The van der Waals surface area contributed by atoms with Crippen molar-refractivity contribution in [1.29, 1.82) is 0 Å². The third-order valence-electron chi connectivity index (χ3n) is 2.37. The molecule has 2 nitrogen and oxygen atoms in total. The summed E-state index contributed by atoms with van der Waals surface area (Å²) < 4.78 is 0. The van der Waals surface area contributed by atoms with Crippen LogP contribution in [0.2, 0.25) is 0 Å². The van der Waals surface area contributed by atoms with Crippen molar-refractivity contribution in [3.8, 4) is 0 Å². The number of aromatic nitrogens is 1. The molecule has 0 amide bonds. The SMILES string of the molecule is CCCCCNCc1ncc(C(C)C)s1. The van der Waals surface area contributed by atoms with E-state index < -0.39 is 0 Å². The highest BCUT2D eigenvalue weighted by atomic mass is 32.1. The molecule has 0 unspecified atom stereocenters. The maximum atomic E-state index is 4.41. The Balaban J connectivity index is 2.20. The van der Waals surface area contributed by atoms with Gasteiger partial charge in [-0.1, -0.05) is 33.6 Å². The lowest BCUT2D eigenvalue weighted by Gasteiger charge is -2.01. The fraction of sp³-hybridized carbons (Fsp3) is 0.750. The predicted molar refractivity (Wildman–Crippen MR) is 67.4 cm³/mol. The molecule has 0 saturated carbocycles. The molecule has 0 radical (unpaired) electrons. The Labute approximate surface area is 97.1 Å². The molecule has 15 heavy (non-hydrogen) atoms. The molecule has 1 rings (SSSR count). The summed E-state index contributed by atoms with van der Waals surface area (Å²) in [4.78, 5) is 5.80. The van der Waals surface area contributed by atoms with E-state index in [1.165, 1.54) is 29.1 Å². The number of thiazole rings is 1. The topological polar surface area (TPSA) is 24.9 Å². The fourth-order valence-electron chi connectivity index (χ4n) is 1.37. The maximum absolute atomic E-state index is 4.41. The smallest absolute Gasteiger partial charge is 0.107 e. The molecule has 0 atom stereocenters. The Morgan fingerprint density at radius 1 is 1.40 bits per heavy atom. The van der Waals surface area contributed by atoms with E-state index in [2.05, 4.69) is 31.1 Å². The molecule has 0 fully saturated rings. The minimum atomic E-state index is 0.608. The zero-order valence-electron chi connectivity index (χ0n) is 10.0. The minimum absolute atomic E-state index is 0.608. The van der Waals surface area contributed by atoms with Crippen molar-refractivity contribution in [2.45, 2.75) is 52.5 Å². The lowest BCUT2D eigenvalue weighted by Crippen LogP contribution is -2.14. The summed E-state index contributed by atoms with van der Waals surface area (Å²) in [6.45, 7) is 8.71. The van der Waals surface area contributed by atoms with Crippen LogP contribution in [-0.2, 0) is 6.54 Å². The Morgan fingerprint density at radius 2 is 2.20 bits per heavy atom. The van der Waals surface area contributed by atoms with Gasteiger partial charge in [0.2, 0.25) is 0 Å². The molecule has 0 aliphatic rings. The van der Waals surface area contributed by atoms with E-state index in [1.807, 2.05) is 17.5 Å². The fourth-order valence-corrected chi connectivity index (χ4v) is 2.26. The van der Waals surface area contributed by atoms with Gasteiger partial charge in [0.05, 0.1) is 0 Å². The molecular formula is C12H22N2S. The van der Waals surface area contributed by atoms with Crippen LogP contribution in [0.3, 0.4) is 0 Å². The standard InChI is InChI=1S/C12H22N2S/c1-4-5-6-7-13-9-12-14-8-11(15-12)10(2)3/h8,10,13H,4-7,9H2,1-3H3. The van der Waals surface area contributed by atoms with Crippen molar-refractivity contribution in [3.05, 3.63) is 16.1 Å². The molecule has 1 N–H and O–H groups in total. The summed E-state index contributed by atoms with van der Waals surface area (Å²) in [6, 6.07) is 0. The molecule has 0 saturated heterocycles. The van der Waals surface area contributed by atoms with E-state index in [4.69, 9.17) is 0 Å². The number of hydrogen-bond donors (Lipinski definition) is 1. The third kappa shape index (κ3) is 4.76. The first-order valence-electron chi connectivity index (χ1n) is 5.89. The first-order chi connectivity index (χ1) is 7.24. The van der Waals surface area contributed by atoms with Crippen LogP contribution in [0.25, 0.3) is 0 Å². The van der Waals surface area contributed by atoms with Gasteiger partial charge in [-0.3, -0.25) is 0 Å². The summed E-state index contributed by atoms with van der Waals surface area (Å²) >= 11 is 1.83. The number of rotatable bonds is 7. The van der Waals surface area contributed by atoms with Crippen molar-refractivity contribution < 1.29 is 0 Å². The molecule has 86 valence electrons. The van der Waals surface area contributed by atoms with Crippen LogP contribution in [0, 0.1) is 0 Å². The Kier molecular flexibility index (Phi) is 5.88. The zero-order chi connectivity index (χ0) is 11.1. The van der Waals surface area contributed by atoms with Gasteiger partial charge in [0, 0.05) is 17.6 Å². The van der Waals surface area contributed by atoms with Gasteiger partial charge in [0.1, 0.15) is 5.01 Å². The quantitative estimate of drug-likeness (QED) is 0.719. The third-order valence-corrected chi connectivity index (χ3v) is 3.67. The maximum Gasteiger partial charge on any atom is 0.107 e. The second-order valence-corrected chi connectivity index (χ2v) is 5.34. The molecule has 3 heteroatoms. The van der Waals surface area contributed by atoms with Gasteiger partial charge in [-0.25, -0.2) is 4.98 Å². The summed E-state index contributed by atoms with van der Waals surface area (Å²) in [6.07, 6.45) is 5.90. The van der Waals surface area contributed by atoms with Crippen molar-refractivity contribution in [3.63, 3.8) is 0 Å². The van der Waals surface area contributed by atoms with Gasteiger partial charge in [-0.2, -0.15) is 0 Å². The highest BCUT2D eigenvalue weighted by Gasteiger charge is 2.04. The van der Waals surface area contributed by atoms with E-state index in [-0.39, 0.29) is 0 Å². The van der Waals surface area contributed by atoms with Crippen LogP contribution in [0.1, 0.15) is 55.8 Å². The Morgan fingerprint density at radius 3 is 2.80 bits per heavy atom. The van der Waals surface area contributed by atoms with Crippen LogP contribution in [0.4, 0.5) is 0 Å². The van der Waals surface area contributed by atoms with Gasteiger partial charge >= 0.3 is 0 Å². The average molecular weight is 226 g/mol. The lowest BCUT2D eigenvalue weighted by molar-refractivity contribution is 0.615. The van der Waals surface area contributed by atoms with Crippen molar-refractivity contribution in [2.24, 2.45) is 0 Å². The van der Waals surface area contributed by atoms with Gasteiger partial charge in [0.25, 0.3) is 0 Å². The molecule has 0 spiro atoms. The van der Waals surface area contributed by atoms with Crippen LogP contribution in [0.5, 0.6) is 0 Å². The summed E-state index contributed by atoms with van der Waals surface area (Å²) in [7, 11) is 0. The molecule has 1 heterocycles. The second kappa shape index (κ2) is 6.96. The van der Waals surface area contributed by atoms with E-state index in [0.29, 0.717) is 5.92 Å². The highest BCUT2D eigenvalue weighted by Crippen LogP contribution is 2.21. The molecular weight excluding hydrogens is 204 g/mol. The summed E-state index contributed by atoms with van der Waals surface area (Å²) in [5.74, 6) is 0.608. The monoisotopic (exact) mass is 226 g/mol. The minimum Gasteiger partial charge on any atom is -0.310 e. The first-order valence-corrected chi connectivity index (χ1v) is 6.71. The van der Waals surface area contributed by atoms with Gasteiger partial charge in [-0.05, 0) is 18.9 Å². The number of nitrogens with one attached hydrogen (secondary N) is 1. The lowest BCUT2D eigenvalue weighted by atomic mass is 10.2.